The summed E-state index contributed by atoms with van der Waals surface area (Å²) in [5, 5.41) is 8.55. The number of carbonyl (C=O) groups is 2. The molecule has 0 aromatic carbocycles. The van der Waals surface area contributed by atoms with Gasteiger partial charge in [-0.1, -0.05) is 34.9 Å². The Hall–Kier alpha value is -0.440. The highest BCUT2D eigenvalue weighted by atomic mass is 33.1. The van der Waals surface area contributed by atoms with Crippen LogP contribution in [-0.4, -0.2) is 47.2 Å². The molecule has 8 heteroatoms. The molecule has 0 unspecified atom stereocenters. The smallest absolute Gasteiger partial charge is 0.323 e. The summed E-state index contributed by atoms with van der Waals surface area (Å²) in [6.07, 6.45) is 1.79. The van der Waals surface area contributed by atoms with Gasteiger partial charge in [-0.15, -0.1) is 0 Å². The molecule has 0 amide bonds. The number of nitrogens with two attached hydrogens (primary N) is 2. The van der Waals surface area contributed by atoms with Crippen LogP contribution in [0, 0.1) is 0 Å². The molecule has 6 nitrogen and oxygen atoms in total. The number of hydrogen-bond acceptors (Lipinski definition) is 7. The Labute approximate surface area is 115 Å². The van der Waals surface area contributed by atoms with Gasteiger partial charge in [0.25, 0.3) is 0 Å². The van der Waals surface area contributed by atoms with E-state index in [0.29, 0.717) is 12.4 Å². The fourth-order valence-corrected chi connectivity index (χ4v) is 3.03. The van der Waals surface area contributed by atoms with Crippen molar-refractivity contribution in [3.63, 3.8) is 0 Å². The van der Waals surface area contributed by atoms with Gasteiger partial charge >= 0.3 is 11.9 Å². The van der Waals surface area contributed by atoms with Gasteiger partial charge in [-0.25, -0.2) is 0 Å². The van der Waals surface area contributed by atoms with Crippen molar-refractivity contribution in [2.45, 2.75) is 31.8 Å². The predicted octanol–water partition coefficient (Wildman–Crippen LogP) is 0.450. The lowest BCUT2D eigenvalue weighted by Gasteiger charge is -2.11. The normalized spacial score (nSPS) is 13.9. The summed E-state index contributed by atoms with van der Waals surface area (Å²) in [6, 6.07) is -1.57. The molecule has 0 aliphatic carbocycles. The van der Waals surface area contributed by atoms with E-state index >= 15 is 0 Å². The lowest BCUT2D eigenvalue weighted by molar-refractivity contribution is -0.144. The Balaban J connectivity index is 3.60. The molecule has 2 atom stereocenters. The van der Waals surface area contributed by atoms with E-state index in [1.165, 1.54) is 21.6 Å². The Morgan fingerprint density at radius 2 is 1.78 bits per heavy atom. The summed E-state index contributed by atoms with van der Waals surface area (Å²) in [4.78, 5) is 21.8. The topological polar surface area (TPSA) is 116 Å². The molecule has 0 bridgehead atoms. The number of aliphatic carboxylic acids is 1. The maximum absolute atomic E-state index is 11.4. The largest absolute Gasteiger partial charge is 0.480 e. The van der Waals surface area contributed by atoms with Gasteiger partial charge in [-0.3, -0.25) is 9.59 Å². The third kappa shape index (κ3) is 8.62. The first-order chi connectivity index (χ1) is 8.49. The number of carbonyl (C=O) groups excluding carboxylic acids is 1. The van der Waals surface area contributed by atoms with Crippen molar-refractivity contribution in [1.82, 2.24) is 0 Å². The Bertz CT molecular complexity index is 266. The zero-order chi connectivity index (χ0) is 14.0. The number of ether oxygens (including phenoxy) is 1. The summed E-state index contributed by atoms with van der Waals surface area (Å²) < 4.78 is 4.96. The maximum Gasteiger partial charge on any atom is 0.323 e. The monoisotopic (exact) mass is 296 g/mol. The first-order valence-electron chi connectivity index (χ1n) is 5.64. The molecular formula is C10H20N2O4S2. The van der Waals surface area contributed by atoms with Crippen LogP contribution in [0.2, 0.25) is 0 Å². The Morgan fingerprint density at radius 1 is 1.22 bits per heavy atom. The number of carboxylic acid groups (broad SMARTS) is 1. The van der Waals surface area contributed by atoms with E-state index in [-0.39, 0.29) is 5.75 Å². The molecule has 0 heterocycles. The van der Waals surface area contributed by atoms with Crippen molar-refractivity contribution in [3.05, 3.63) is 0 Å². The van der Waals surface area contributed by atoms with Crippen molar-refractivity contribution in [3.8, 4) is 0 Å². The van der Waals surface area contributed by atoms with Crippen LogP contribution in [0.1, 0.15) is 19.8 Å². The van der Waals surface area contributed by atoms with Crippen molar-refractivity contribution in [1.29, 1.82) is 0 Å². The molecule has 0 aromatic heterocycles. The Morgan fingerprint density at radius 3 is 2.28 bits per heavy atom. The van der Waals surface area contributed by atoms with Crippen LogP contribution in [0.4, 0.5) is 0 Å². The first-order valence-corrected chi connectivity index (χ1v) is 8.12. The van der Waals surface area contributed by atoms with Crippen LogP contribution in [-0.2, 0) is 14.3 Å². The maximum atomic E-state index is 11.4. The first kappa shape index (κ1) is 17.6. The second-order valence-electron chi connectivity index (χ2n) is 3.64. The number of rotatable bonds is 10. The zero-order valence-electron chi connectivity index (χ0n) is 10.3. The van der Waals surface area contributed by atoms with E-state index in [9.17, 15) is 9.59 Å². The summed E-state index contributed by atoms with van der Waals surface area (Å²) in [6.45, 7) is 2.40. The summed E-state index contributed by atoms with van der Waals surface area (Å²) in [5.74, 6) is -0.801. The molecule has 0 radical (unpaired) electrons. The van der Waals surface area contributed by atoms with Crippen LogP contribution >= 0.6 is 21.6 Å². The van der Waals surface area contributed by atoms with E-state index in [0.717, 1.165) is 12.8 Å². The van der Waals surface area contributed by atoms with Gasteiger partial charge < -0.3 is 21.3 Å². The number of unbranched alkanes of at least 4 members (excludes halogenated alkanes) is 1. The summed E-state index contributed by atoms with van der Waals surface area (Å²) in [7, 11) is 2.61. The molecule has 106 valence electrons. The fourth-order valence-electron chi connectivity index (χ4n) is 0.806. The number of carboxylic acids is 1. The van der Waals surface area contributed by atoms with Crippen LogP contribution in [0.25, 0.3) is 0 Å². The minimum atomic E-state index is -1.04. The Kier molecular flexibility index (Phi) is 10.2. The van der Waals surface area contributed by atoms with Crippen molar-refractivity contribution >= 4 is 33.5 Å². The summed E-state index contributed by atoms with van der Waals surface area (Å²) in [5.41, 5.74) is 10.9. The molecular weight excluding hydrogens is 276 g/mol. The van der Waals surface area contributed by atoms with Gasteiger partial charge in [0.15, 0.2) is 0 Å². The molecule has 18 heavy (non-hydrogen) atoms. The standard InChI is InChI=1S/C10H20N2O4S2/c1-2-3-4-16-10(15)8(12)6-18-17-5-7(11)9(13)14/h7-8H,2-6,11-12H2,1H3,(H,13,14)/t7-,8-/m0/s1. The lowest BCUT2D eigenvalue weighted by atomic mass is 10.3. The van der Waals surface area contributed by atoms with Gasteiger partial charge in [0, 0.05) is 11.5 Å². The molecule has 0 saturated carbocycles. The average Bonchev–Trinajstić information content (AvgIpc) is 2.33. The third-order valence-corrected chi connectivity index (χ3v) is 4.41. The molecule has 5 N–H and O–H groups in total. The van der Waals surface area contributed by atoms with Crippen LogP contribution in [0.15, 0.2) is 0 Å². The molecule has 0 rings (SSSR count). The second kappa shape index (κ2) is 10.5. The van der Waals surface area contributed by atoms with Crippen LogP contribution in [0.3, 0.4) is 0 Å². The van der Waals surface area contributed by atoms with Crippen LogP contribution in [0.5, 0.6) is 0 Å². The van der Waals surface area contributed by atoms with Gasteiger partial charge in [0.1, 0.15) is 12.1 Å². The van der Waals surface area contributed by atoms with E-state index < -0.39 is 24.0 Å². The molecule has 0 spiro atoms. The van der Waals surface area contributed by atoms with E-state index in [1.54, 1.807) is 0 Å². The third-order valence-electron chi connectivity index (χ3n) is 1.94. The number of hydrogen-bond donors (Lipinski definition) is 3. The fraction of sp³-hybridized carbons (Fsp3) is 0.800. The molecule has 0 aliphatic heterocycles. The lowest BCUT2D eigenvalue weighted by Crippen LogP contribution is -2.35. The molecule has 0 fully saturated rings. The molecule has 0 aliphatic rings. The van der Waals surface area contributed by atoms with Gasteiger partial charge in [-0.2, -0.15) is 0 Å². The van der Waals surface area contributed by atoms with Gasteiger partial charge in [-0.05, 0) is 6.42 Å². The highest BCUT2D eigenvalue weighted by molar-refractivity contribution is 8.76. The minimum absolute atomic E-state index is 0.275. The van der Waals surface area contributed by atoms with Crippen molar-refractivity contribution < 1.29 is 19.4 Å². The van der Waals surface area contributed by atoms with Gasteiger partial charge in [0.05, 0.1) is 6.61 Å². The van der Waals surface area contributed by atoms with Crippen LogP contribution < -0.4 is 11.5 Å². The highest BCUT2D eigenvalue weighted by Gasteiger charge is 2.16. The molecule has 0 saturated heterocycles. The van der Waals surface area contributed by atoms with E-state index in [2.05, 4.69) is 0 Å². The average molecular weight is 296 g/mol. The van der Waals surface area contributed by atoms with E-state index in [1.807, 2.05) is 6.92 Å². The zero-order valence-corrected chi connectivity index (χ0v) is 12.0. The van der Waals surface area contributed by atoms with Crippen molar-refractivity contribution in [2.24, 2.45) is 11.5 Å². The number of esters is 1. The predicted molar refractivity (Wildman–Crippen MR) is 74.4 cm³/mol. The summed E-state index contributed by atoms with van der Waals surface area (Å²) >= 11 is 0. The minimum Gasteiger partial charge on any atom is -0.480 e. The second-order valence-corrected chi connectivity index (χ2v) is 6.19. The quantitative estimate of drug-likeness (QED) is 0.302. The molecule has 0 aromatic rings. The van der Waals surface area contributed by atoms with Gasteiger partial charge in [0.2, 0.25) is 0 Å². The SMILES string of the molecule is CCCCOC(=O)[C@@H](N)CSSC[C@H](N)C(=O)O. The highest BCUT2D eigenvalue weighted by Crippen LogP contribution is 2.22. The van der Waals surface area contributed by atoms with E-state index in [4.69, 9.17) is 21.3 Å². The van der Waals surface area contributed by atoms with Crippen molar-refractivity contribution in [2.75, 3.05) is 18.1 Å².